The van der Waals surface area contributed by atoms with Crippen LogP contribution in [0.3, 0.4) is 0 Å². The standard InChI is InChI=1S/C16H26N2O/c1-4-16(19)14-8-5-6-9-15(14)18-11-7-10-17(3)12-13(18)2/h5-6,8-9,13,16,19H,4,7,10-12H2,1-3H3/t13?,16-/m1/s1. The van der Waals surface area contributed by atoms with Crippen molar-refractivity contribution in [3.05, 3.63) is 29.8 Å². The second-order valence-electron chi connectivity index (χ2n) is 5.64. The topological polar surface area (TPSA) is 26.7 Å². The molecule has 0 aliphatic carbocycles. The number of anilines is 1. The lowest BCUT2D eigenvalue weighted by atomic mass is 10.0. The zero-order valence-electron chi connectivity index (χ0n) is 12.3. The number of aliphatic hydroxyl groups excluding tert-OH is 1. The predicted octanol–water partition coefficient (Wildman–Crippen LogP) is 2.66. The number of likely N-dealkylation sites (N-methyl/N-ethyl adjacent to an activating group) is 1. The number of nitrogens with zero attached hydrogens (tertiary/aromatic N) is 2. The summed E-state index contributed by atoms with van der Waals surface area (Å²) < 4.78 is 0. The first kappa shape index (κ1) is 14.4. The minimum absolute atomic E-state index is 0.357. The summed E-state index contributed by atoms with van der Waals surface area (Å²) in [5, 5.41) is 10.2. The van der Waals surface area contributed by atoms with Crippen LogP contribution in [0.4, 0.5) is 5.69 Å². The molecule has 1 saturated heterocycles. The molecule has 0 bridgehead atoms. The highest BCUT2D eigenvalue weighted by atomic mass is 16.3. The Morgan fingerprint density at radius 3 is 2.79 bits per heavy atom. The van der Waals surface area contributed by atoms with Gasteiger partial charge >= 0.3 is 0 Å². The molecule has 0 aromatic heterocycles. The van der Waals surface area contributed by atoms with Crippen molar-refractivity contribution in [2.45, 2.75) is 38.8 Å². The van der Waals surface area contributed by atoms with Gasteiger partial charge in [-0.05, 0) is 39.4 Å². The van der Waals surface area contributed by atoms with Gasteiger partial charge in [0, 0.05) is 30.4 Å². The number of benzene rings is 1. The van der Waals surface area contributed by atoms with Crippen molar-refractivity contribution in [2.24, 2.45) is 0 Å². The third-order valence-corrected chi connectivity index (χ3v) is 4.04. The van der Waals surface area contributed by atoms with E-state index < -0.39 is 0 Å². The molecule has 0 radical (unpaired) electrons. The van der Waals surface area contributed by atoms with E-state index in [0.29, 0.717) is 6.04 Å². The van der Waals surface area contributed by atoms with Crippen LogP contribution in [-0.4, -0.2) is 42.7 Å². The van der Waals surface area contributed by atoms with Crippen molar-refractivity contribution in [2.75, 3.05) is 31.6 Å². The first-order valence-electron chi connectivity index (χ1n) is 7.35. The van der Waals surface area contributed by atoms with Crippen molar-refractivity contribution in [3.8, 4) is 0 Å². The Balaban J connectivity index is 2.29. The van der Waals surface area contributed by atoms with E-state index in [1.165, 1.54) is 12.1 Å². The molecule has 1 aromatic rings. The van der Waals surface area contributed by atoms with Crippen LogP contribution in [0.1, 0.15) is 38.4 Å². The number of hydrogen-bond acceptors (Lipinski definition) is 3. The van der Waals surface area contributed by atoms with E-state index in [0.717, 1.165) is 31.6 Å². The molecule has 1 aliphatic heterocycles. The van der Waals surface area contributed by atoms with E-state index in [-0.39, 0.29) is 6.10 Å². The van der Waals surface area contributed by atoms with Crippen molar-refractivity contribution in [3.63, 3.8) is 0 Å². The number of para-hydroxylation sites is 1. The highest BCUT2D eigenvalue weighted by Gasteiger charge is 2.23. The van der Waals surface area contributed by atoms with Gasteiger partial charge < -0.3 is 14.9 Å². The van der Waals surface area contributed by atoms with Gasteiger partial charge in [-0.2, -0.15) is 0 Å². The van der Waals surface area contributed by atoms with E-state index in [4.69, 9.17) is 0 Å². The Morgan fingerprint density at radius 2 is 2.05 bits per heavy atom. The molecule has 0 spiro atoms. The lowest BCUT2D eigenvalue weighted by Gasteiger charge is -2.32. The van der Waals surface area contributed by atoms with Gasteiger partial charge in [-0.25, -0.2) is 0 Å². The molecular weight excluding hydrogens is 236 g/mol. The van der Waals surface area contributed by atoms with E-state index in [9.17, 15) is 5.11 Å². The smallest absolute Gasteiger partial charge is 0.0807 e. The molecule has 3 nitrogen and oxygen atoms in total. The summed E-state index contributed by atoms with van der Waals surface area (Å²) in [6.45, 7) is 7.60. The van der Waals surface area contributed by atoms with Gasteiger partial charge in [-0.1, -0.05) is 25.1 Å². The monoisotopic (exact) mass is 262 g/mol. The molecule has 1 heterocycles. The van der Waals surface area contributed by atoms with Crippen molar-refractivity contribution in [1.29, 1.82) is 0 Å². The summed E-state index contributed by atoms with van der Waals surface area (Å²) in [5.74, 6) is 0. The molecule has 106 valence electrons. The van der Waals surface area contributed by atoms with Gasteiger partial charge in [0.25, 0.3) is 0 Å². The van der Waals surface area contributed by atoms with Crippen LogP contribution in [-0.2, 0) is 0 Å². The summed E-state index contributed by atoms with van der Waals surface area (Å²) in [5.41, 5.74) is 2.28. The second-order valence-corrected chi connectivity index (χ2v) is 5.64. The molecule has 0 saturated carbocycles. The SMILES string of the molecule is CC[C@@H](O)c1ccccc1N1CCCN(C)CC1C. The number of hydrogen-bond donors (Lipinski definition) is 1. The van der Waals surface area contributed by atoms with E-state index >= 15 is 0 Å². The van der Waals surface area contributed by atoms with Crippen LogP contribution in [0, 0.1) is 0 Å². The Kier molecular flexibility index (Phi) is 4.83. The van der Waals surface area contributed by atoms with Gasteiger partial charge in [0.2, 0.25) is 0 Å². The van der Waals surface area contributed by atoms with E-state index in [2.05, 4.69) is 42.0 Å². The average Bonchev–Trinajstić information content (AvgIpc) is 2.58. The lowest BCUT2D eigenvalue weighted by molar-refractivity contribution is 0.174. The predicted molar refractivity (Wildman–Crippen MR) is 80.6 cm³/mol. The highest BCUT2D eigenvalue weighted by molar-refractivity contribution is 5.55. The lowest BCUT2D eigenvalue weighted by Crippen LogP contribution is -2.38. The van der Waals surface area contributed by atoms with Gasteiger partial charge in [0.05, 0.1) is 6.10 Å². The molecule has 0 amide bonds. The number of aliphatic hydroxyl groups is 1. The van der Waals surface area contributed by atoms with Crippen molar-refractivity contribution < 1.29 is 5.11 Å². The quantitative estimate of drug-likeness (QED) is 0.907. The maximum atomic E-state index is 10.2. The molecule has 1 N–H and O–H groups in total. The van der Waals surface area contributed by atoms with Crippen LogP contribution in [0.25, 0.3) is 0 Å². The van der Waals surface area contributed by atoms with Gasteiger partial charge in [0.15, 0.2) is 0 Å². The van der Waals surface area contributed by atoms with Crippen LogP contribution in [0.15, 0.2) is 24.3 Å². The summed E-state index contributed by atoms with van der Waals surface area (Å²) in [7, 11) is 2.19. The third-order valence-electron chi connectivity index (χ3n) is 4.04. The Labute approximate surface area is 116 Å². The first-order chi connectivity index (χ1) is 9.13. The molecule has 1 fully saturated rings. The minimum atomic E-state index is -0.357. The largest absolute Gasteiger partial charge is 0.388 e. The van der Waals surface area contributed by atoms with E-state index in [1.807, 2.05) is 13.0 Å². The summed E-state index contributed by atoms with van der Waals surface area (Å²) in [6.07, 6.45) is 1.58. The molecule has 19 heavy (non-hydrogen) atoms. The fraction of sp³-hybridized carbons (Fsp3) is 0.625. The molecule has 2 rings (SSSR count). The minimum Gasteiger partial charge on any atom is -0.388 e. The van der Waals surface area contributed by atoms with Gasteiger partial charge in [-0.15, -0.1) is 0 Å². The van der Waals surface area contributed by atoms with Crippen molar-refractivity contribution >= 4 is 5.69 Å². The van der Waals surface area contributed by atoms with Crippen LogP contribution >= 0.6 is 0 Å². The maximum absolute atomic E-state index is 10.2. The molecule has 2 atom stereocenters. The summed E-state index contributed by atoms with van der Waals surface area (Å²) >= 11 is 0. The van der Waals surface area contributed by atoms with Crippen LogP contribution < -0.4 is 4.90 Å². The first-order valence-corrected chi connectivity index (χ1v) is 7.35. The van der Waals surface area contributed by atoms with Gasteiger partial charge in [0.1, 0.15) is 0 Å². The van der Waals surface area contributed by atoms with Crippen LogP contribution in [0.2, 0.25) is 0 Å². The van der Waals surface area contributed by atoms with E-state index in [1.54, 1.807) is 0 Å². The summed E-state index contributed by atoms with van der Waals surface area (Å²) in [4.78, 5) is 4.85. The zero-order valence-corrected chi connectivity index (χ0v) is 12.3. The van der Waals surface area contributed by atoms with Crippen LogP contribution in [0.5, 0.6) is 0 Å². The fourth-order valence-electron chi connectivity index (χ4n) is 2.98. The third kappa shape index (κ3) is 3.28. The Bertz CT molecular complexity index is 407. The number of rotatable bonds is 3. The second kappa shape index (κ2) is 6.40. The Hall–Kier alpha value is -1.06. The highest BCUT2D eigenvalue weighted by Crippen LogP contribution is 2.30. The maximum Gasteiger partial charge on any atom is 0.0807 e. The Morgan fingerprint density at radius 1 is 1.32 bits per heavy atom. The normalized spacial score (nSPS) is 23.2. The molecule has 3 heteroatoms. The van der Waals surface area contributed by atoms with Crippen molar-refractivity contribution in [1.82, 2.24) is 4.90 Å². The molecular formula is C16H26N2O. The summed E-state index contributed by atoms with van der Waals surface area (Å²) in [6, 6.07) is 8.79. The molecule has 1 aliphatic rings. The molecule has 1 aromatic carbocycles. The molecule has 1 unspecified atom stereocenters. The average molecular weight is 262 g/mol. The fourth-order valence-corrected chi connectivity index (χ4v) is 2.98. The van der Waals surface area contributed by atoms with Gasteiger partial charge in [-0.3, -0.25) is 0 Å². The zero-order chi connectivity index (χ0) is 13.8.